The molecule has 164 valence electrons. The number of carboxylic acids is 1. The maximum Gasteiger partial charge on any atom is 0.306 e. The van der Waals surface area contributed by atoms with Crippen LogP contribution in [0, 0.1) is 5.92 Å². The van der Waals surface area contributed by atoms with Crippen molar-refractivity contribution in [1.82, 2.24) is 0 Å². The number of carbonyl (C=O) groups is 1. The first kappa shape index (κ1) is 23.7. The first-order valence-corrected chi connectivity index (χ1v) is 10.3. The lowest BCUT2D eigenvalue weighted by Crippen LogP contribution is -2.15. The minimum atomic E-state index is -0.750. The number of hydrogen-bond donors (Lipinski definition) is 1. The average Bonchev–Trinajstić information content (AvgIpc) is 2.77. The lowest BCUT2D eigenvalue weighted by Gasteiger charge is -2.13. The van der Waals surface area contributed by atoms with Crippen LogP contribution in [0.5, 0.6) is 11.5 Å². The zero-order chi connectivity index (χ0) is 21.6. The molecule has 0 aliphatic rings. The number of rotatable bonds is 15. The molecule has 2 aromatic rings. The Hall–Kier alpha value is -2.57. The Bertz CT molecular complexity index is 669. The molecular weight excluding hydrogens is 384 g/mol. The van der Waals surface area contributed by atoms with Gasteiger partial charge in [-0.05, 0) is 61.1 Å². The van der Waals surface area contributed by atoms with Crippen molar-refractivity contribution in [2.75, 3.05) is 27.4 Å². The summed E-state index contributed by atoms with van der Waals surface area (Å²) in [6.07, 6.45) is 2.66. The van der Waals surface area contributed by atoms with Gasteiger partial charge in [-0.15, -0.1) is 0 Å². The number of hydrogen-bond acceptors (Lipinski definition) is 5. The molecule has 0 aliphatic carbocycles. The van der Waals surface area contributed by atoms with E-state index in [1.807, 2.05) is 48.5 Å². The second-order valence-corrected chi connectivity index (χ2v) is 7.12. The summed E-state index contributed by atoms with van der Waals surface area (Å²) in [7, 11) is 3.27. The van der Waals surface area contributed by atoms with Gasteiger partial charge in [0.2, 0.25) is 0 Å². The van der Waals surface area contributed by atoms with Gasteiger partial charge in [0.25, 0.3) is 0 Å². The molecule has 0 heterocycles. The Labute approximate surface area is 178 Å². The van der Waals surface area contributed by atoms with Crippen molar-refractivity contribution >= 4 is 5.97 Å². The van der Waals surface area contributed by atoms with E-state index in [4.69, 9.17) is 18.9 Å². The Morgan fingerprint density at radius 3 is 1.50 bits per heavy atom. The molecule has 6 heteroatoms. The second kappa shape index (κ2) is 13.6. The molecule has 0 aromatic heterocycles. The Morgan fingerprint density at radius 2 is 1.17 bits per heavy atom. The molecule has 0 spiro atoms. The van der Waals surface area contributed by atoms with Crippen molar-refractivity contribution in [3.05, 3.63) is 59.7 Å². The van der Waals surface area contributed by atoms with Crippen LogP contribution in [0.4, 0.5) is 0 Å². The molecule has 0 radical (unpaired) electrons. The molecule has 0 saturated heterocycles. The zero-order valence-electron chi connectivity index (χ0n) is 17.8. The highest BCUT2D eigenvalue weighted by Gasteiger charge is 2.16. The summed E-state index contributed by atoms with van der Waals surface area (Å²) in [5.74, 6) is 0.520. The van der Waals surface area contributed by atoms with E-state index in [1.165, 1.54) is 0 Å². The average molecular weight is 417 g/mol. The Morgan fingerprint density at radius 1 is 0.767 bits per heavy atom. The van der Waals surface area contributed by atoms with Gasteiger partial charge < -0.3 is 24.1 Å². The van der Waals surface area contributed by atoms with Gasteiger partial charge in [0.15, 0.2) is 0 Å². The van der Waals surface area contributed by atoms with E-state index in [0.717, 1.165) is 35.5 Å². The lowest BCUT2D eigenvalue weighted by molar-refractivity contribution is -0.142. The molecule has 0 bridgehead atoms. The van der Waals surface area contributed by atoms with E-state index in [0.29, 0.717) is 39.3 Å². The molecule has 30 heavy (non-hydrogen) atoms. The molecule has 0 atom stereocenters. The van der Waals surface area contributed by atoms with Crippen molar-refractivity contribution in [3.8, 4) is 11.5 Å². The Balaban J connectivity index is 1.56. The van der Waals surface area contributed by atoms with Crippen LogP contribution in [0.1, 0.15) is 36.8 Å². The van der Waals surface area contributed by atoms with E-state index in [2.05, 4.69) is 0 Å². The first-order chi connectivity index (χ1) is 14.6. The van der Waals surface area contributed by atoms with Crippen LogP contribution in [-0.2, 0) is 27.5 Å². The van der Waals surface area contributed by atoms with E-state index < -0.39 is 5.97 Å². The fourth-order valence-electron chi connectivity index (χ4n) is 3.08. The van der Waals surface area contributed by atoms with E-state index >= 15 is 0 Å². The lowest BCUT2D eigenvalue weighted by atomic mass is 9.98. The molecule has 1 N–H and O–H groups in total. The number of carboxylic acid groups (broad SMARTS) is 1. The summed E-state index contributed by atoms with van der Waals surface area (Å²) in [6, 6.07) is 15.4. The van der Waals surface area contributed by atoms with Crippen molar-refractivity contribution in [1.29, 1.82) is 0 Å². The minimum Gasteiger partial charge on any atom is -0.497 e. The van der Waals surface area contributed by atoms with Gasteiger partial charge in [0.05, 0.1) is 33.4 Å². The maximum atomic E-state index is 11.5. The first-order valence-electron chi connectivity index (χ1n) is 10.3. The second-order valence-electron chi connectivity index (χ2n) is 7.12. The van der Waals surface area contributed by atoms with Crippen LogP contribution < -0.4 is 9.47 Å². The molecular formula is C24H32O6. The Kier molecular flexibility index (Phi) is 10.8. The van der Waals surface area contributed by atoms with Gasteiger partial charge in [0, 0.05) is 13.2 Å². The quantitative estimate of drug-likeness (QED) is 0.424. The van der Waals surface area contributed by atoms with Gasteiger partial charge in [-0.25, -0.2) is 0 Å². The van der Waals surface area contributed by atoms with Crippen LogP contribution in [0.25, 0.3) is 0 Å². The fourth-order valence-corrected chi connectivity index (χ4v) is 3.08. The van der Waals surface area contributed by atoms with Crippen LogP contribution in [0.2, 0.25) is 0 Å². The maximum absolute atomic E-state index is 11.5. The number of ether oxygens (including phenoxy) is 4. The third-order valence-corrected chi connectivity index (χ3v) is 4.89. The summed E-state index contributed by atoms with van der Waals surface area (Å²) in [6.45, 7) is 2.12. The summed E-state index contributed by atoms with van der Waals surface area (Å²) in [5.41, 5.74) is 2.14. The van der Waals surface area contributed by atoms with Crippen molar-refractivity contribution in [2.24, 2.45) is 5.92 Å². The van der Waals surface area contributed by atoms with Crippen molar-refractivity contribution < 1.29 is 28.8 Å². The molecule has 0 unspecified atom stereocenters. The summed E-state index contributed by atoms with van der Waals surface area (Å²) in [5, 5.41) is 9.44. The van der Waals surface area contributed by atoms with Crippen molar-refractivity contribution in [2.45, 2.75) is 38.9 Å². The normalized spacial score (nSPS) is 10.9. The highest BCUT2D eigenvalue weighted by molar-refractivity contribution is 5.69. The predicted molar refractivity (Wildman–Crippen MR) is 115 cm³/mol. The molecule has 0 aliphatic heterocycles. The van der Waals surface area contributed by atoms with Gasteiger partial charge in [-0.1, -0.05) is 24.3 Å². The van der Waals surface area contributed by atoms with Gasteiger partial charge >= 0.3 is 5.97 Å². The van der Waals surface area contributed by atoms with E-state index in [9.17, 15) is 9.90 Å². The highest BCUT2D eigenvalue weighted by Crippen LogP contribution is 2.16. The van der Waals surface area contributed by atoms with E-state index in [-0.39, 0.29) is 5.92 Å². The van der Waals surface area contributed by atoms with Gasteiger partial charge in [0.1, 0.15) is 11.5 Å². The monoisotopic (exact) mass is 416 g/mol. The number of benzene rings is 2. The van der Waals surface area contributed by atoms with Crippen LogP contribution >= 0.6 is 0 Å². The van der Waals surface area contributed by atoms with Crippen molar-refractivity contribution in [3.63, 3.8) is 0 Å². The SMILES string of the molecule is COc1ccc(COCCCC(CCCOCc2ccc(OC)cc2)C(=O)O)cc1. The topological polar surface area (TPSA) is 74.2 Å². The van der Waals surface area contributed by atoms with Crippen LogP contribution in [0.3, 0.4) is 0 Å². The summed E-state index contributed by atoms with van der Waals surface area (Å²) < 4.78 is 21.6. The third-order valence-electron chi connectivity index (χ3n) is 4.89. The minimum absolute atomic E-state index is 0.362. The molecule has 6 nitrogen and oxygen atoms in total. The molecule has 2 aromatic carbocycles. The smallest absolute Gasteiger partial charge is 0.306 e. The van der Waals surface area contributed by atoms with Crippen LogP contribution in [0.15, 0.2) is 48.5 Å². The van der Waals surface area contributed by atoms with Crippen LogP contribution in [-0.4, -0.2) is 38.5 Å². The summed E-state index contributed by atoms with van der Waals surface area (Å²) in [4.78, 5) is 11.5. The zero-order valence-corrected chi connectivity index (χ0v) is 17.8. The molecule has 0 saturated carbocycles. The van der Waals surface area contributed by atoms with Gasteiger partial charge in [-0.3, -0.25) is 4.79 Å². The largest absolute Gasteiger partial charge is 0.497 e. The standard InChI is InChI=1S/C24H32O6/c1-27-22-11-7-19(8-12-22)17-29-15-3-5-21(24(25)26)6-4-16-30-18-20-9-13-23(28-2)14-10-20/h7-14,21H,3-6,15-18H2,1-2H3,(H,25,26). The molecule has 2 rings (SSSR count). The summed E-state index contributed by atoms with van der Waals surface area (Å²) >= 11 is 0. The molecule has 0 fully saturated rings. The van der Waals surface area contributed by atoms with E-state index in [1.54, 1.807) is 14.2 Å². The number of methoxy groups -OCH3 is 2. The van der Waals surface area contributed by atoms with Gasteiger partial charge in [-0.2, -0.15) is 0 Å². The predicted octanol–water partition coefficient (Wildman–Crippen LogP) is 4.70. The number of aliphatic carboxylic acids is 1. The third kappa shape index (κ3) is 8.84. The highest BCUT2D eigenvalue weighted by atomic mass is 16.5. The molecule has 0 amide bonds. The fraction of sp³-hybridized carbons (Fsp3) is 0.458.